The van der Waals surface area contributed by atoms with Gasteiger partial charge in [-0.15, -0.1) is 0 Å². The van der Waals surface area contributed by atoms with Crippen LogP contribution in [0, 0.1) is 0 Å². The summed E-state index contributed by atoms with van der Waals surface area (Å²) in [5.41, 5.74) is 3.80. The third-order valence-electron chi connectivity index (χ3n) is 5.19. The van der Waals surface area contributed by atoms with Crippen molar-refractivity contribution in [3.8, 4) is 22.8 Å². The number of rotatable bonds is 6. The molecule has 0 aliphatic carbocycles. The number of ether oxygens (including phenoxy) is 3. The lowest BCUT2D eigenvalue weighted by atomic mass is 10.1. The first kappa shape index (κ1) is 18.4. The summed E-state index contributed by atoms with van der Waals surface area (Å²) in [6, 6.07) is 15.6. The van der Waals surface area contributed by atoms with Crippen LogP contribution in [0.5, 0.6) is 11.5 Å². The van der Waals surface area contributed by atoms with Crippen LogP contribution in [0.3, 0.4) is 0 Å². The maximum atomic E-state index is 12.8. The third kappa shape index (κ3) is 3.23. The number of amides is 1. The van der Waals surface area contributed by atoms with E-state index in [2.05, 4.69) is 10.3 Å². The molecule has 1 aliphatic heterocycles. The number of carbonyl (C=O) groups is 1. The van der Waals surface area contributed by atoms with Crippen molar-refractivity contribution in [2.75, 3.05) is 27.1 Å². The van der Waals surface area contributed by atoms with E-state index in [0.717, 1.165) is 33.8 Å². The zero-order chi connectivity index (χ0) is 20.5. The number of pyridine rings is 1. The molecular weight excluding hydrogens is 382 g/mol. The molecule has 1 aliphatic rings. The Morgan fingerprint density at radius 1 is 1.13 bits per heavy atom. The summed E-state index contributed by atoms with van der Waals surface area (Å²) in [7, 11) is 1.64. The summed E-state index contributed by atoms with van der Waals surface area (Å²) < 4.78 is 16.0. The lowest BCUT2D eigenvalue weighted by Gasteiger charge is -2.09. The Labute approximate surface area is 173 Å². The number of para-hydroxylation sites is 1. The molecule has 2 N–H and O–H groups in total. The Kier molecular flexibility index (Phi) is 4.72. The molecule has 0 fully saturated rings. The summed E-state index contributed by atoms with van der Waals surface area (Å²) in [6.45, 7) is 1.33. The number of carbonyl (C=O) groups excluding carboxylic acids is 1. The fourth-order valence-corrected chi connectivity index (χ4v) is 3.72. The molecule has 2 aromatic carbocycles. The molecule has 2 aromatic heterocycles. The number of nitrogens with one attached hydrogen (secondary N) is 2. The van der Waals surface area contributed by atoms with E-state index in [1.54, 1.807) is 7.11 Å². The van der Waals surface area contributed by atoms with Crippen molar-refractivity contribution in [3.63, 3.8) is 0 Å². The van der Waals surface area contributed by atoms with Crippen LogP contribution < -0.4 is 14.8 Å². The van der Waals surface area contributed by atoms with E-state index in [9.17, 15) is 4.79 Å². The van der Waals surface area contributed by atoms with Gasteiger partial charge in [-0.1, -0.05) is 18.2 Å². The van der Waals surface area contributed by atoms with E-state index in [1.165, 1.54) is 0 Å². The highest BCUT2D eigenvalue weighted by Gasteiger charge is 2.19. The highest BCUT2D eigenvalue weighted by molar-refractivity contribution is 6.13. The first-order valence-corrected chi connectivity index (χ1v) is 9.83. The Morgan fingerprint density at radius 2 is 2.00 bits per heavy atom. The van der Waals surface area contributed by atoms with E-state index in [-0.39, 0.29) is 12.7 Å². The second-order valence-corrected chi connectivity index (χ2v) is 7.12. The summed E-state index contributed by atoms with van der Waals surface area (Å²) >= 11 is 0. The van der Waals surface area contributed by atoms with Gasteiger partial charge < -0.3 is 24.5 Å². The van der Waals surface area contributed by atoms with Crippen LogP contribution >= 0.6 is 0 Å². The van der Waals surface area contributed by atoms with E-state index in [0.29, 0.717) is 36.0 Å². The van der Waals surface area contributed by atoms with E-state index in [1.807, 2.05) is 48.5 Å². The first-order chi connectivity index (χ1) is 14.7. The Hall–Kier alpha value is -3.58. The average Bonchev–Trinajstić information content (AvgIpc) is 3.39. The molecule has 0 bridgehead atoms. The van der Waals surface area contributed by atoms with Gasteiger partial charge in [-0.25, -0.2) is 4.98 Å². The smallest absolute Gasteiger partial charge is 0.269 e. The van der Waals surface area contributed by atoms with Gasteiger partial charge in [0.2, 0.25) is 6.79 Å². The van der Waals surface area contributed by atoms with Gasteiger partial charge >= 0.3 is 0 Å². The molecule has 0 radical (unpaired) electrons. The van der Waals surface area contributed by atoms with Crippen molar-refractivity contribution >= 4 is 27.7 Å². The van der Waals surface area contributed by atoms with E-state index >= 15 is 0 Å². The number of hydrogen-bond donors (Lipinski definition) is 2. The zero-order valence-electron chi connectivity index (χ0n) is 16.5. The standard InChI is InChI=1S/C23H21N3O4/c1-28-10-4-9-24-23(27)18-12-16-15-5-2-3-6-17(15)25-22(16)21(26-18)14-7-8-19-20(11-14)30-13-29-19/h2-3,5-8,11-12,25H,4,9-10,13H2,1H3,(H,24,27). The second-order valence-electron chi connectivity index (χ2n) is 7.12. The number of benzene rings is 2. The van der Waals surface area contributed by atoms with Crippen molar-refractivity contribution < 1.29 is 19.0 Å². The maximum absolute atomic E-state index is 12.8. The molecule has 7 heteroatoms. The van der Waals surface area contributed by atoms with Gasteiger partial charge in [-0.3, -0.25) is 4.79 Å². The molecule has 0 unspecified atom stereocenters. The summed E-state index contributed by atoms with van der Waals surface area (Å²) in [5, 5.41) is 4.92. The van der Waals surface area contributed by atoms with Gasteiger partial charge in [-0.2, -0.15) is 0 Å². The number of hydrogen-bond acceptors (Lipinski definition) is 5. The molecule has 30 heavy (non-hydrogen) atoms. The molecular formula is C23H21N3O4. The van der Waals surface area contributed by atoms with E-state index in [4.69, 9.17) is 19.2 Å². The molecule has 0 saturated carbocycles. The maximum Gasteiger partial charge on any atom is 0.269 e. The molecule has 5 rings (SSSR count). The lowest BCUT2D eigenvalue weighted by molar-refractivity contribution is 0.0944. The number of fused-ring (bicyclic) bond motifs is 4. The predicted molar refractivity (Wildman–Crippen MR) is 114 cm³/mol. The normalized spacial score (nSPS) is 12.6. The molecule has 0 spiro atoms. The van der Waals surface area contributed by atoms with Crippen LogP contribution in [-0.2, 0) is 4.74 Å². The number of aromatic nitrogens is 2. The number of methoxy groups -OCH3 is 1. The highest BCUT2D eigenvalue weighted by atomic mass is 16.7. The lowest BCUT2D eigenvalue weighted by Crippen LogP contribution is -2.26. The molecule has 7 nitrogen and oxygen atoms in total. The number of aromatic amines is 1. The second kappa shape index (κ2) is 7.68. The van der Waals surface area contributed by atoms with Crippen LogP contribution in [0.4, 0.5) is 0 Å². The van der Waals surface area contributed by atoms with Crippen LogP contribution in [0.1, 0.15) is 16.9 Å². The first-order valence-electron chi connectivity index (χ1n) is 9.83. The Morgan fingerprint density at radius 3 is 2.90 bits per heavy atom. The van der Waals surface area contributed by atoms with Gasteiger partial charge in [0.1, 0.15) is 5.69 Å². The summed E-state index contributed by atoms with van der Waals surface area (Å²) in [6.07, 6.45) is 0.743. The van der Waals surface area contributed by atoms with Crippen LogP contribution in [-0.4, -0.2) is 42.9 Å². The van der Waals surface area contributed by atoms with Crippen LogP contribution in [0.15, 0.2) is 48.5 Å². The molecule has 0 saturated heterocycles. The van der Waals surface area contributed by atoms with Gasteiger partial charge in [-0.05, 0) is 36.8 Å². The molecule has 1 amide bonds. The number of nitrogens with zero attached hydrogens (tertiary/aromatic N) is 1. The van der Waals surface area contributed by atoms with Crippen molar-refractivity contribution in [2.45, 2.75) is 6.42 Å². The highest BCUT2D eigenvalue weighted by Crippen LogP contribution is 2.38. The minimum atomic E-state index is -0.208. The van der Waals surface area contributed by atoms with Gasteiger partial charge in [0.05, 0.1) is 11.2 Å². The monoisotopic (exact) mass is 403 g/mol. The Bertz CT molecular complexity index is 1250. The van der Waals surface area contributed by atoms with Gasteiger partial charge in [0.15, 0.2) is 11.5 Å². The quantitative estimate of drug-likeness (QED) is 0.477. The van der Waals surface area contributed by atoms with Crippen molar-refractivity contribution in [1.82, 2.24) is 15.3 Å². The van der Waals surface area contributed by atoms with Crippen LogP contribution in [0.25, 0.3) is 33.1 Å². The minimum Gasteiger partial charge on any atom is -0.454 e. The molecule has 3 heterocycles. The van der Waals surface area contributed by atoms with Crippen molar-refractivity contribution in [2.24, 2.45) is 0 Å². The number of H-pyrrole nitrogens is 1. The molecule has 0 atom stereocenters. The van der Waals surface area contributed by atoms with Gasteiger partial charge in [0, 0.05) is 42.1 Å². The average molecular weight is 403 g/mol. The summed E-state index contributed by atoms with van der Waals surface area (Å²) in [4.78, 5) is 21.0. The Balaban J connectivity index is 1.63. The fourth-order valence-electron chi connectivity index (χ4n) is 3.72. The van der Waals surface area contributed by atoms with Crippen molar-refractivity contribution in [1.29, 1.82) is 0 Å². The largest absolute Gasteiger partial charge is 0.454 e. The molecule has 4 aromatic rings. The molecule has 152 valence electrons. The van der Waals surface area contributed by atoms with E-state index < -0.39 is 0 Å². The topological polar surface area (TPSA) is 85.5 Å². The SMILES string of the molecule is COCCCNC(=O)c1cc2c([nH]c3ccccc32)c(-c2ccc3c(c2)OCO3)n1. The predicted octanol–water partition coefficient (Wildman–Crippen LogP) is 3.88. The minimum absolute atomic E-state index is 0.206. The summed E-state index contributed by atoms with van der Waals surface area (Å²) in [5.74, 6) is 1.17. The fraction of sp³-hybridized carbons (Fsp3) is 0.217. The zero-order valence-corrected chi connectivity index (χ0v) is 16.5. The van der Waals surface area contributed by atoms with Crippen molar-refractivity contribution in [3.05, 3.63) is 54.2 Å². The third-order valence-corrected chi connectivity index (χ3v) is 5.19. The van der Waals surface area contributed by atoms with Gasteiger partial charge in [0.25, 0.3) is 5.91 Å². The van der Waals surface area contributed by atoms with Crippen LogP contribution in [0.2, 0.25) is 0 Å².